The monoisotopic (exact) mass is 300 g/mol. The fourth-order valence-corrected chi connectivity index (χ4v) is 2.13. The average Bonchev–Trinajstić information content (AvgIpc) is 2.49. The van der Waals surface area contributed by atoms with Gasteiger partial charge in [-0.2, -0.15) is 0 Å². The molecule has 0 fully saturated rings. The zero-order valence-corrected chi connectivity index (χ0v) is 12.1. The van der Waals surface area contributed by atoms with Gasteiger partial charge in [0.25, 0.3) is 0 Å². The maximum atomic E-state index is 9.78. The Hall–Kier alpha value is -1.22. The standard InChI is InChI=1S/C14H24N2O5/c1-2-12-9(5-15-13(20)7-17)3-11(19)4-10(12)6-16-14(21)8-18/h3-4,13-21H,2,5-8H2,1H3. The SMILES string of the molecule is CCc1c(CNC(O)CO)cc(O)cc1CNC(O)CO. The minimum absolute atomic E-state index is 0.0813. The molecule has 7 heteroatoms. The summed E-state index contributed by atoms with van der Waals surface area (Å²) in [5.41, 5.74) is 2.59. The summed E-state index contributed by atoms with van der Waals surface area (Å²) in [4.78, 5) is 0. The Morgan fingerprint density at radius 1 is 0.952 bits per heavy atom. The zero-order valence-electron chi connectivity index (χ0n) is 12.1. The second kappa shape index (κ2) is 8.93. The van der Waals surface area contributed by atoms with Gasteiger partial charge in [0.1, 0.15) is 18.2 Å². The van der Waals surface area contributed by atoms with Gasteiger partial charge in [-0.05, 0) is 35.2 Å². The molecule has 0 aliphatic heterocycles. The molecule has 1 aromatic carbocycles. The molecule has 0 saturated carbocycles. The van der Waals surface area contributed by atoms with Crippen molar-refractivity contribution in [2.75, 3.05) is 13.2 Å². The van der Waals surface area contributed by atoms with Gasteiger partial charge in [0, 0.05) is 13.1 Å². The first kappa shape index (κ1) is 17.8. The van der Waals surface area contributed by atoms with Gasteiger partial charge in [0.05, 0.1) is 13.2 Å². The van der Waals surface area contributed by atoms with Crippen LogP contribution in [0.25, 0.3) is 0 Å². The summed E-state index contributed by atoms with van der Waals surface area (Å²) in [6.45, 7) is 1.78. The lowest BCUT2D eigenvalue weighted by atomic mass is 9.97. The number of hydrogen-bond donors (Lipinski definition) is 7. The van der Waals surface area contributed by atoms with Gasteiger partial charge in [-0.1, -0.05) is 6.92 Å². The molecule has 7 N–H and O–H groups in total. The maximum absolute atomic E-state index is 9.78. The first-order valence-corrected chi connectivity index (χ1v) is 6.90. The number of nitrogens with one attached hydrogen (secondary N) is 2. The number of phenols is 1. The van der Waals surface area contributed by atoms with Crippen LogP contribution in [-0.4, -0.2) is 51.2 Å². The molecular weight excluding hydrogens is 276 g/mol. The van der Waals surface area contributed by atoms with E-state index in [0.29, 0.717) is 19.5 Å². The Balaban J connectivity index is 2.89. The summed E-state index contributed by atoms with van der Waals surface area (Å²) < 4.78 is 0. The third-order valence-electron chi connectivity index (χ3n) is 3.18. The lowest BCUT2D eigenvalue weighted by molar-refractivity contribution is 0.0660. The van der Waals surface area contributed by atoms with Crippen molar-refractivity contribution in [3.8, 4) is 5.75 Å². The van der Waals surface area contributed by atoms with Crippen LogP contribution in [0.3, 0.4) is 0 Å². The highest BCUT2D eigenvalue weighted by Crippen LogP contribution is 2.23. The number of phenolic OH excluding ortho intramolecular Hbond substituents is 1. The molecular formula is C14H24N2O5. The molecule has 0 aromatic heterocycles. The van der Waals surface area contributed by atoms with E-state index in [1.807, 2.05) is 6.92 Å². The summed E-state index contributed by atoms with van der Waals surface area (Å²) in [7, 11) is 0. The highest BCUT2D eigenvalue weighted by atomic mass is 16.3. The van der Waals surface area contributed by atoms with Crippen molar-refractivity contribution >= 4 is 0 Å². The molecule has 0 spiro atoms. The minimum Gasteiger partial charge on any atom is -0.508 e. The molecule has 0 amide bonds. The van der Waals surface area contributed by atoms with E-state index in [0.717, 1.165) is 16.7 Å². The van der Waals surface area contributed by atoms with Crippen molar-refractivity contribution in [2.24, 2.45) is 0 Å². The van der Waals surface area contributed by atoms with E-state index >= 15 is 0 Å². The number of benzene rings is 1. The normalized spacial score (nSPS) is 14.1. The topological polar surface area (TPSA) is 125 Å². The largest absolute Gasteiger partial charge is 0.508 e. The fraction of sp³-hybridized carbons (Fsp3) is 0.571. The Bertz CT molecular complexity index is 406. The van der Waals surface area contributed by atoms with Gasteiger partial charge in [-0.15, -0.1) is 0 Å². The quantitative estimate of drug-likeness (QED) is 0.284. The minimum atomic E-state index is -1.02. The van der Waals surface area contributed by atoms with Gasteiger partial charge in [-0.3, -0.25) is 10.6 Å². The van der Waals surface area contributed by atoms with Crippen LogP contribution < -0.4 is 10.6 Å². The van der Waals surface area contributed by atoms with Crippen molar-refractivity contribution in [1.29, 1.82) is 0 Å². The Labute approximate surface area is 123 Å². The van der Waals surface area contributed by atoms with Crippen molar-refractivity contribution in [3.63, 3.8) is 0 Å². The summed E-state index contributed by atoms with van der Waals surface area (Å²) in [6.07, 6.45) is -1.33. The molecule has 0 radical (unpaired) electrons. The van der Waals surface area contributed by atoms with Crippen molar-refractivity contribution in [1.82, 2.24) is 10.6 Å². The van der Waals surface area contributed by atoms with Gasteiger partial charge in [0.2, 0.25) is 0 Å². The van der Waals surface area contributed by atoms with E-state index in [1.165, 1.54) is 0 Å². The summed E-state index contributed by atoms with van der Waals surface area (Å²) in [5.74, 6) is 0.0813. The van der Waals surface area contributed by atoms with Gasteiger partial charge < -0.3 is 25.5 Å². The van der Waals surface area contributed by atoms with Crippen LogP contribution in [0.15, 0.2) is 12.1 Å². The van der Waals surface area contributed by atoms with Crippen LogP contribution in [0, 0.1) is 0 Å². The molecule has 1 rings (SSSR count). The predicted molar refractivity (Wildman–Crippen MR) is 77.3 cm³/mol. The van der Waals surface area contributed by atoms with Crippen LogP contribution in [0.4, 0.5) is 0 Å². The van der Waals surface area contributed by atoms with E-state index < -0.39 is 25.7 Å². The first-order chi connectivity index (χ1) is 10.0. The number of rotatable bonds is 9. The maximum Gasteiger partial charge on any atom is 0.128 e. The van der Waals surface area contributed by atoms with Crippen molar-refractivity contribution < 1.29 is 25.5 Å². The van der Waals surface area contributed by atoms with E-state index in [-0.39, 0.29) is 5.75 Å². The Morgan fingerprint density at radius 3 is 1.71 bits per heavy atom. The molecule has 0 bridgehead atoms. The van der Waals surface area contributed by atoms with Crippen molar-refractivity contribution in [2.45, 2.75) is 38.9 Å². The van der Waals surface area contributed by atoms with E-state index in [9.17, 15) is 15.3 Å². The Morgan fingerprint density at radius 2 is 1.38 bits per heavy atom. The highest BCUT2D eigenvalue weighted by molar-refractivity contribution is 5.42. The molecule has 0 heterocycles. The molecule has 120 valence electrons. The highest BCUT2D eigenvalue weighted by Gasteiger charge is 2.12. The lowest BCUT2D eigenvalue weighted by Crippen LogP contribution is -2.33. The predicted octanol–water partition coefficient (Wildman–Crippen LogP) is -1.24. The molecule has 7 nitrogen and oxygen atoms in total. The summed E-state index contributed by atoms with van der Waals surface area (Å²) in [5, 5.41) is 51.5. The molecule has 0 aliphatic carbocycles. The second-order valence-electron chi connectivity index (χ2n) is 4.75. The lowest BCUT2D eigenvalue weighted by Gasteiger charge is -2.18. The molecule has 0 saturated heterocycles. The van der Waals surface area contributed by atoms with E-state index in [4.69, 9.17) is 10.2 Å². The van der Waals surface area contributed by atoms with Crippen LogP contribution in [0.1, 0.15) is 23.6 Å². The third-order valence-corrected chi connectivity index (χ3v) is 3.18. The van der Waals surface area contributed by atoms with Gasteiger partial charge in [-0.25, -0.2) is 0 Å². The second-order valence-corrected chi connectivity index (χ2v) is 4.75. The first-order valence-electron chi connectivity index (χ1n) is 6.90. The average molecular weight is 300 g/mol. The van der Waals surface area contributed by atoms with Crippen LogP contribution >= 0.6 is 0 Å². The fourth-order valence-electron chi connectivity index (χ4n) is 2.13. The summed E-state index contributed by atoms with van der Waals surface area (Å²) >= 11 is 0. The van der Waals surface area contributed by atoms with Crippen LogP contribution in [-0.2, 0) is 19.5 Å². The zero-order chi connectivity index (χ0) is 15.8. The number of aliphatic hydroxyl groups is 4. The van der Waals surface area contributed by atoms with Crippen LogP contribution in [0.5, 0.6) is 5.75 Å². The van der Waals surface area contributed by atoms with Crippen molar-refractivity contribution in [3.05, 3.63) is 28.8 Å². The summed E-state index contributed by atoms with van der Waals surface area (Å²) in [6, 6.07) is 3.20. The molecule has 2 unspecified atom stereocenters. The number of aromatic hydroxyl groups is 1. The third kappa shape index (κ3) is 5.58. The van der Waals surface area contributed by atoms with Crippen LogP contribution in [0.2, 0.25) is 0 Å². The Kier molecular flexibility index (Phi) is 7.58. The molecule has 1 aromatic rings. The van der Waals surface area contributed by atoms with Gasteiger partial charge in [0.15, 0.2) is 0 Å². The number of aliphatic hydroxyl groups excluding tert-OH is 4. The molecule has 2 atom stereocenters. The molecule has 21 heavy (non-hydrogen) atoms. The van der Waals surface area contributed by atoms with Gasteiger partial charge >= 0.3 is 0 Å². The van der Waals surface area contributed by atoms with E-state index in [1.54, 1.807) is 12.1 Å². The molecule has 0 aliphatic rings. The number of hydrogen-bond acceptors (Lipinski definition) is 7. The van der Waals surface area contributed by atoms with E-state index in [2.05, 4.69) is 10.6 Å². The smallest absolute Gasteiger partial charge is 0.128 e.